The molecular formula is C10H15N3O2. The quantitative estimate of drug-likeness (QED) is 0.576. The second-order valence-electron chi connectivity index (χ2n) is 3.23. The zero-order valence-corrected chi connectivity index (χ0v) is 8.73. The smallest absolute Gasteiger partial charge is 0.250 e. The lowest BCUT2D eigenvalue weighted by Gasteiger charge is -1.95. The van der Waals surface area contributed by atoms with Gasteiger partial charge in [0.15, 0.2) is 0 Å². The maximum Gasteiger partial charge on any atom is 0.250 e. The van der Waals surface area contributed by atoms with Crippen molar-refractivity contribution in [3.8, 4) is 5.88 Å². The molecule has 0 spiro atoms. The van der Waals surface area contributed by atoms with Gasteiger partial charge in [-0.2, -0.15) is 10.2 Å². The Morgan fingerprint density at radius 3 is 2.87 bits per heavy atom. The highest BCUT2D eigenvalue weighted by molar-refractivity contribution is 5.44. The molecule has 0 atom stereocenters. The van der Waals surface area contributed by atoms with Crippen molar-refractivity contribution in [2.45, 2.75) is 26.2 Å². The highest BCUT2D eigenvalue weighted by Crippen LogP contribution is 2.20. The highest BCUT2D eigenvalue weighted by atomic mass is 16.3. The molecule has 0 amide bonds. The number of hydrogen-bond acceptors (Lipinski definition) is 4. The molecule has 0 unspecified atom stereocenters. The number of aromatic hydroxyl groups is 1. The Morgan fingerprint density at radius 1 is 1.40 bits per heavy atom. The molecular weight excluding hydrogens is 194 g/mol. The maximum absolute atomic E-state index is 10.8. The lowest BCUT2D eigenvalue weighted by atomic mass is 10.3. The topological polar surface area (TPSA) is 77.8 Å². The van der Waals surface area contributed by atoms with E-state index in [1.165, 1.54) is 12.1 Å². The minimum atomic E-state index is -0.350. The zero-order chi connectivity index (χ0) is 11.1. The fourth-order valence-corrected chi connectivity index (χ4v) is 1.10. The lowest BCUT2D eigenvalue weighted by molar-refractivity contribution is 0.453. The minimum Gasteiger partial charge on any atom is -0.493 e. The van der Waals surface area contributed by atoms with Gasteiger partial charge in [0.25, 0.3) is 5.56 Å². The predicted octanol–water partition coefficient (Wildman–Crippen LogP) is 2.35. The SMILES string of the molecule is CCCCCN=Nc1ccc(=O)[nH]c1O. The normalized spacial score (nSPS) is 11.0. The molecule has 5 nitrogen and oxygen atoms in total. The molecule has 1 aromatic heterocycles. The Bertz CT molecular complexity index is 384. The van der Waals surface area contributed by atoms with Gasteiger partial charge < -0.3 is 5.11 Å². The molecule has 0 aliphatic heterocycles. The van der Waals surface area contributed by atoms with E-state index in [-0.39, 0.29) is 11.4 Å². The summed E-state index contributed by atoms with van der Waals surface area (Å²) in [5.74, 6) is -0.234. The number of aromatic nitrogens is 1. The second kappa shape index (κ2) is 5.95. The summed E-state index contributed by atoms with van der Waals surface area (Å²) in [7, 11) is 0. The fourth-order valence-electron chi connectivity index (χ4n) is 1.10. The summed E-state index contributed by atoms with van der Waals surface area (Å²) in [6.45, 7) is 2.76. The van der Waals surface area contributed by atoms with E-state index < -0.39 is 0 Å². The zero-order valence-electron chi connectivity index (χ0n) is 8.73. The van der Waals surface area contributed by atoms with Gasteiger partial charge in [-0.3, -0.25) is 9.78 Å². The average Bonchev–Trinajstić information content (AvgIpc) is 2.20. The third kappa shape index (κ3) is 3.93. The highest BCUT2D eigenvalue weighted by Gasteiger charge is 1.98. The van der Waals surface area contributed by atoms with Gasteiger partial charge >= 0.3 is 0 Å². The summed E-state index contributed by atoms with van der Waals surface area (Å²) in [5, 5.41) is 17.0. The number of hydrogen-bond donors (Lipinski definition) is 2. The number of nitrogens with one attached hydrogen (secondary N) is 1. The first-order valence-corrected chi connectivity index (χ1v) is 5.04. The molecule has 0 saturated heterocycles. The van der Waals surface area contributed by atoms with E-state index >= 15 is 0 Å². The average molecular weight is 209 g/mol. The number of azo groups is 1. The van der Waals surface area contributed by atoms with Crippen molar-refractivity contribution in [3.05, 3.63) is 22.5 Å². The van der Waals surface area contributed by atoms with Crippen LogP contribution in [0.4, 0.5) is 5.69 Å². The maximum atomic E-state index is 10.8. The Morgan fingerprint density at radius 2 is 2.20 bits per heavy atom. The number of nitrogens with zero attached hydrogens (tertiary/aromatic N) is 2. The molecule has 2 N–H and O–H groups in total. The van der Waals surface area contributed by atoms with Crippen molar-refractivity contribution in [1.29, 1.82) is 0 Å². The van der Waals surface area contributed by atoms with Gasteiger partial charge in [0.2, 0.25) is 5.88 Å². The molecule has 0 radical (unpaired) electrons. The van der Waals surface area contributed by atoms with Crippen LogP contribution in [0.5, 0.6) is 5.88 Å². The third-order valence-electron chi connectivity index (χ3n) is 1.92. The fraction of sp³-hybridized carbons (Fsp3) is 0.500. The molecule has 15 heavy (non-hydrogen) atoms. The van der Waals surface area contributed by atoms with Gasteiger partial charge in [0.05, 0.1) is 6.54 Å². The van der Waals surface area contributed by atoms with Crippen molar-refractivity contribution >= 4 is 5.69 Å². The van der Waals surface area contributed by atoms with E-state index in [0.717, 1.165) is 19.3 Å². The molecule has 0 aliphatic carbocycles. The van der Waals surface area contributed by atoms with Crippen LogP contribution in [0, 0.1) is 0 Å². The largest absolute Gasteiger partial charge is 0.493 e. The molecule has 0 aliphatic rings. The number of rotatable bonds is 5. The summed E-state index contributed by atoms with van der Waals surface area (Å²) in [6, 6.07) is 2.75. The number of pyridine rings is 1. The molecule has 0 bridgehead atoms. The number of H-pyrrole nitrogens is 1. The van der Waals surface area contributed by atoms with Gasteiger partial charge in [-0.25, -0.2) is 0 Å². The monoisotopic (exact) mass is 209 g/mol. The predicted molar refractivity (Wildman–Crippen MR) is 57.6 cm³/mol. The van der Waals surface area contributed by atoms with Crippen molar-refractivity contribution in [3.63, 3.8) is 0 Å². The van der Waals surface area contributed by atoms with Gasteiger partial charge in [-0.05, 0) is 12.5 Å². The van der Waals surface area contributed by atoms with E-state index in [9.17, 15) is 9.90 Å². The first-order valence-electron chi connectivity index (χ1n) is 5.04. The van der Waals surface area contributed by atoms with Crippen molar-refractivity contribution in [2.24, 2.45) is 10.2 Å². The molecule has 1 rings (SSSR count). The summed E-state index contributed by atoms with van der Waals surface area (Å²) >= 11 is 0. The number of aromatic amines is 1. The number of unbranched alkanes of at least 4 members (excludes halogenated alkanes) is 2. The van der Waals surface area contributed by atoms with Gasteiger partial charge in [-0.15, -0.1) is 0 Å². The van der Waals surface area contributed by atoms with Crippen LogP contribution < -0.4 is 5.56 Å². The van der Waals surface area contributed by atoms with Crippen molar-refractivity contribution in [2.75, 3.05) is 6.54 Å². The van der Waals surface area contributed by atoms with E-state index in [4.69, 9.17) is 0 Å². The Hall–Kier alpha value is -1.65. The van der Waals surface area contributed by atoms with Gasteiger partial charge in [0.1, 0.15) is 5.69 Å². The molecule has 0 aromatic carbocycles. The second-order valence-corrected chi connectivity index (χ2v) is 3.23. The summed E-state index contributed by atoms with van der Waals surface area (Å²) in [4.78, 5) is 13.0. The lowest BCUT2D eigenvalue weighted by Crippen LogP contribution is -2.00. The summed E-state index contributed by atoms with van der Waals surface area (Å²) in [6.07, 6.45) is 3.25. The Balaban J connectivity index is 2.53. The van der Waals surface area contributed by atoms with Crippen molar-refractivity contribution < 1.29 is 5.11 Å². The molecule has 5 heteroatoms. The van der Waals surface area contributed by atoms with Crippen LogP contribution in [0.2, 0.25) is 0 Å². The van der Waals surface area contributed by atoms with Gasteiger partial charge in [-0.1, -0.05) is 19.8 Å². The van der Waals surface area contributed by atoms with E-state index in [1.54, 1.807) is 0 Å². The first kappa shape index (κ1) is 11.4. The van der Waals surface area contributed by atoms with Crippen LogP contribution in [0.25, 0.3) is 0 Å². The third-order valence-corrected chi connectivity index (χ3v) is 1.92. The van der Waals surface area contributed by atoms with Crippen LogP contribution in [0.15, 0.2) is 27.2 Å². The van der Waals surface area contributed by atoms with E-state index in [1.807, 2.05) is 0 Å². The van der Waals surface area contributed by atoms with Crippen LogP contribution in [-0.2, 0) is 0 Å². The minimum absolute atomic E-state index is 0.234. The van der Waals surface area contributed by atoms with Crippen LogP contribution in [0.3, 0.4) is 0 Å². The van der Waals surface area contributed by atoms with Gasteiger partial charge in [0, 0.05) is 6.07 Å². The van der Waals surface area contributed by atoms with E-state index in [2.05, 4.69) is 22.1 Å². The summed E-state index contributed by atoms with van der Waals surface area (Å²) < 4.78 is 0. The molecule has 1 aromatic rings. The van der Waals surface area contributed by atoms with E-state index in [0.29, 0.717) is 12.2 Å². The molecule has 1 heterocycles. The Kier molecular flexibility index (Phi) is 4.53. The molecule has 82 valence electrons. The molecule has 0 fully saturated rings. The molecule has 0 saturated carbocycles. The van der Waals surface area contributed by atoms with Crippen LogP contribution >= 0.6 is 0 Å². The summed E-state index contributed by atoms with van der Waals surface area (Å²) in [5.41, 5.74) is -0.0523. The van der Waals surface area contributed by atoms with Crippen LogP contribution in [0.1, 0.15) is 26.2 Å². The Labute approximate surface area is 87.9 Å². The van der Waals surface area contributed by atoms with Crippen molar-refractivity contribution in [1.82, 2.24) is 4.98 Å². The standard InChI is InChI=1S/C10H15N3O2/c1-2-3-4-7-11-13-8-5-6-9(14)12-10(8)15/h5-6H,2-4,7H2,1H3,(H2,12,14,15). The van der Waals surface area contributed by atoms with Crippen LogP contribution in [-0.4, -0.2) is 16.6 Å². The first-order chi connectivity index (χ1) is 7.24.